The largest absolute Gasteiger partial charge is 0.504 e. The topological polar surface area (TPSA) is 74.5 Å². The average Bonchev–Trinajstić information content (AvgIpc) is 3.45. The molecule has 2 N–H and O–H groups in total. The Bertz CT molecular complexity index is 861. The number of ether oxygens (including phenoxy) is 2. The minimum absolute atomic E-state index is 0.106. The van der Waals surface area contributed by atoms with E-state index in [4.69, 9.17) is 21.9 Å². The van der Waals surface area contributed by atoms with Crippen LogP contribution in [0.3, 0.4) is 0 Å². The lowest BCUT2D eigenvalue weighted by Crippen LogP contribution is -2.77. The van der Waals surface area contributed by atoms with Crippen molar-refractivity contribution in [1.29, 1.82) is 0 Å². The number of nitrogens with zero attached hydrogens (tertiary/aromatic N) is 2. The maximum absolute atomic E-state index is 12.3. The van der Waals surface area contributed by atoms with Gasteiger partial charge in [-0.25, -0.2) is 4.36 Å². The van der Waals surface area contributed by atoms with E-state index in [0.717, 1.165) is 43.8 Å². The Morgan fingerprint density at radius 3 is 2.93 bits per heavy atom. The number of benzene rings is 1. The van der Waals surface area contributed by atoms with Gasteiger partial charge in [-0.15, -0.1) is 0 Å². The van der Waals surface area contributed by atoms with E-state index in [1.165, 1.54) is 18.4 Å². The summed E-state index contributed by atoms with van der Waals surface area (Å²) in [6.45, 7) is 3.01. The van der Waals surface area contributed by atoms with Crippen LogP contribution in [-0.2, 0) is 29.0 Å². The second-order valence-corrected chi connectivity index (χ2v) is 9.85. The highest BCUT2D eigenvalue weighted by atomic mass is 32.1. The number of phenols is 1. The molecule has 3 aliphatic carbocycles. The van der Waals surface area contributed by atoms with Crippen LogP contribution >= 0.6 is 0 Å². The van der Waals surface area contributed by atoms with Gasteiger partial charge in [0.1, 0.15) is 6.10 Å². The Morgan fingerprint density at radius 2 is 2.14 bits per heavy atom. The lowest BCUT2D eigenvalue weighted by molar-refractivity contribution is -0.215. The van der Waals surface area contributed by atoms with Gasteiger partial charge >= 0.3 is 0 Å². The Balaban J connectivity index is 1.45. The number of likely N-dealkylation sites (tertiary alicyclic amines) is 1. The molecule has 0 radical (unpaired) electrons. The SMILES string of the molecule is Oc1ccc2c3c1O[C@H]1[C@H](OCCN=S)CC[C@@]4(O)[C@@H](C2)N(CC2CC2)CC[C@]314. The fraction of sp³-hybridized carbons (Fsp3) is 0.727. The fourth-order valence-electron chi connectivity index (χ4n) is 6.85. The summed E-state index contributed by atoms with van der Waals surface area (Å²) >= 11 is 4.71. The highest BCUT2D eigenvalue weighted by Crippen LogP contribution is 2.65. The number of aromatic hydroxyl groups is 1. The summed E-state index contributed by atoms with van der Waals surface area (Å²) in [4.78, 5) is 2.55. The van der Waals surface area contributed by atoms with Crippen molar-refractivity contribution in [2.75, 3.05) is 26.2 Å². The molecule has 0 aromatic heterocycles. The zero-order chi connectivity index (χ0) is 19.8. The fourth-order valence-corrected chi connectivity index (χ4v) is 6.92. The molecule has 5 aliphatic rings. The predicted molar refractivity (Wildman–Crippen MR) is 109 cm³/mol. The van der Waals surface area contributed by atoms with Crippen LogP contribution in [0.5, 0.6) is 11.5 Å². The van der Waals surface area contributed by atoms with Crippen molar-refractivity contribution in [3.05, 3.63) is 23.3 Å². The van der Waals surface area contributed by atoms with Crippen LogP contribution in [0.2, 0.25) is 0 Å². The van der Waals surface area contributed by atoms with Gasteiger partial charge in [0, 0.05) is 30.6 Å². The smallest absolute Gasteiger partial charge is 0.165 e. The van der Waals surface area contributed by atoms with Crippen molar-refractivity contribution in [2.24, 2.45) is 10.3 Å². The molecule has 7 heteroatoms. The van der Waals surface area contributed by atoms with Crippen molar-refractivity contribution >= 4 is 12.4 Å². The van der Waals surface area contributed by atoms with Gasteiger partial charge in [0.05, 0.1) is 30.3 Å². The van der Waals surface area contributed by atoms with Crippen molar-refractivity contribution in [3.8, 4) is 11.5 Å². The number of piperidine rings is 1. The molecule has 3 fully saturated rings. The van der Waals surface area contributed by atoms with Crippen molar-refractivity contribution < 1.29 is 19.7 Å². The zero-order valence-electron chi connectivity index (χ0n) is 16.5. The van der Waals surface area contributed by atoms with Crippen LogP contribution in [-0.4, -0.2) is 65.2 Å². The molecule has 2 aliphatic heterocycles. The van der Waals surface area contributed by atoms with E-state index >= 15 is 0 Å². The summed E-state index contributed by atoms with van der Waals surface area (Å²) in [7, 11) is 0. The van der Waals surface area contributed by atoms with E-state index < -0.39 is 11.0 Å². The Kier molecular flexibility index (Phi) is 4.05. The number of hydrogen-bond acceptors (Lipinski definition) is 7. The van der Waals surface area contributed by atoms with Crippen LogP contribution in [0, 0.1) is 5.92 Å². The first kappa shape index (κ1) is 18.5. The van der Waals surface area contributed by atoms with Gasteiger partial charge in [-0.05, 0) is 62.6 Å². The van der Waals surface area contributed by atoms with E-state index in [2.05, 4.69) is 9.26 Å². The Labute approximate surface area is 176 Å². The Hall–Kier alpha value is -1.28. The van der Waals surface area contributed by atoms with Gasteiger partial charge in [0.2, 0.25) is 0 Å². The molecule has 6 nitrogen and oxygen atoms in total. The van der Waals surface area contributed by atoms with Crippen molar-refractivity contribution in [2.45, 2.75) is 67.8 Å². The summed E-state index contributed by atoms with van der Waals surface area (Å²) in [5.41, 5.74) is 0.914. The highest BCUT2D eigenvalue weighted by molar-refractivity contribution is 7.47. The van der Waals surface area contributed by atoms with E-state index in [0.29, 0.717) is 25.3 Å². The average molecular weight is 417 g/mol. The third kappa shape index (κ3) is 2.39. The standard InChI is InChI=1S/C22H28N2O4S/c25-15-4-3-14-11-17-22(26)6-5-16(27-10-8-23-29)20-21(22,18(14)19(15)28-20)7-9-24(17)12-13-1-2-13/h3-4,13,16-17,20,25-26H,1-2,5-12H2/t16-,17-,20+,21+,22-/m1/s1. The molecule has 2 heterocycles. The summed E-state index contributed by atoms with van der Waals surface area (Å²) in [5, 5.41) is 22.9. The molecule has 1 spiro atoms. The number of phenolic OH excluding ortho intramolecular Hbond substituents is 1. The number of aliphatic hydroxyl groups is 1. The monoisotopic (exact) mass is 416 g/mol. The van der Waals surface area contributed by atoms with Gasteiger partial charge in [-0.3, -0.25) is 4.90 Å². The van der Waals surface area contributed by atoms with Gasteiger partial charge < -0.3 is 19.7 Å². The minimum Gasteiger partial charge on any atom is -0.504 e. The number of hydrogen-bond donors (Lipinski definition) is 2. The molecule has 29 heavy (non-hydrogen) atoms. The molecular weight excluding hydrogens is 388 g/mol. The highest BCUT2D eigenvalue weighted by Gasteiger charge is 2.73. The van der Waals surface area contributed by atoms with Crippen LogP contribution in [0.15, 0.2) is 16.5 Å². The van der Waals surface area contributed by atoms with Crippen LogP contribution < -0.4 is 4.74 Å². The molecular formula is C22H28N2O4S. The van der Waals surface area contributed by atoms with Crippen LogP contribution in [0.25, 0.3) is 0 Å². The summed E-state index contributed by atoms with van der Waals surface area (Å²) in [5.74, 6) is 1.54. The van der Waals surface area contributed by atoms with E-state index in [1.54, 1.807) is 6.07 Å². The zero-order valence-corrected chi connectivity index (χ0v) is 17.4. The van der Waals surface area contributed by atoms with E-state index in [9.17, 15) is 10.2 Å². The molecule has 1 aromatic rings. The van der Waals surface area contributed by atoms with Gasteiger partial charge in [0.15, 0.2) is 11.5 Å². The van der Waals surface area contributed by atoms with Gasteiger partial charge in [-0.2, -0.15) is 0 Å². The van der Waals surface area contributed by atoms with Crippen molar-refractivity contribution in [1.82, 2.24) is 4.90 Å². The molecule has 5 atom stereocenters. The molecule has 2 saturated carbocycles. The molecule has 1 aromatic carbocycles. The maximum atomic E-state index is 12.3. The van der Waals surface area contributed by atoms with Gasteiger partial charge in [-0.1, -0.05) is 6.07 Å². The molecule has 156 valence electrons. The second kappa shape index (κ2) is 6.36. The maximum Gasteiger partial charge on any atom is 0.165 e. The van der Waals surface area contributed by atoms with Crippen molar-refractivity contribution in [3.63, 3.8) is 0 Å². The lowest BCUT2D eigenvalue weighted by Gasteiger charge is -2.64. The summed E-state index contributed by atoms with van der Waals surface area (Å²) < 4.78 is 16.3. The molecule has 2 bridgehead atoms. The molecule has 0 amide bonds. The van der Waals surface area contributed by atoms with E-state index in [1.807, 2.05) is 6.07 Å². The summed E-state index contributed by atoms with van der Waals surface area (Å²) in [6, 6.07) is 3.89. The quantitative estimate of drug-likeness (QED) is 0.692. The van der Waals surface area contributed by atoms with Crippen LogP contribution in [0.1, 0.15) is 43.2 Å². The third-order valence-electron chi connectivity index (χ3n) is 8.22. The Morgan fingerprint density at radius 1 is 1.28 bits per heavy atom. The number of rotatable bonds is 6. The van der Waals surface area contributed by atoms with Gasteiger partial charge in [0.25, 0.3) is 0 Å². The molecule has 0 unspecified atom stereocenters. The second-order valence-electron chi connectivity index (χ2n) is 9.59. The first-order chi connectivity index (χ1) is 14.1. The first-order valence-electron chi connectivity index (χ1n) is 11.0. The molecule has 6 rings (SSSR count). The first-order valence-corrected chi connectivity index (χ1v) is 11.3. The predicted octanol–water partition coefficient (Wildman–Crippen LogP) is 2.07. The summed E-state index contributed by atoms with van der Waals surface area (Å²) in [6.07, 6.45) is 5.34. The van der Waals surface area contributed by atoms with Crippen LogP contribution in [0.4, 0.5) is 0 Å². The van der Waals surface area contributed by atoms with E-state index in [-0.39, 0.29) is 24.0 Å². The normalized spacial score (nSPS) is 39.7. The molecule has 1 saturated heterocycles. The minimum atomic E-state index is -0.848. The lowest BCUT2D eigenvalue weighted by atomic mass is 9.48. The third-order valence-corrected chi connectivity index (χ3v) is 8.41.